The van der Waals surface area contributed by atoms with Gasteiger partial charge in [0.15, 0.2) is 0 Å². The molecule has 0 saturated carbocycles. The number of carbonyl (C=O) groups excluding carboxylic acids is 1. The minimum atomic E-state index is -0.551. The van der Waals surface area contributed by atoms with E-state index < -0.39 is 11.9 Å². The summed E-state index contributed by atoms with van der Waals surface area (Å²) in [5.74, 6) is -0.543. The maximum Gasteiger partial charge on any atom is 0.253 e. The van der Waals surface area contributed by atoms with Crippen LogP contribution in [0.2, 0.25) is 0 Å². The lowest BCUT2D eigenvalue weighted by Gasteiger charge is -2.23. The van der Waals surface area contributed by atoms with Crippen molar-refractivity contribution in [2.75, 3.05) is 13.6 Å². The topological polar surface area (TPSA) is 65.5 Å². The van der Waals surface area contributed by atoms with Crippen molar-refractivity contribution in [3.8, 4) is 0 Å². The van der Waals surface area contributed by atoms with Gasteiger partial charge in [-0.05, 0) is 54.3 Å². The number of halogens is 1. The molecule has 1 aromatic heterocycles. The number of hydrogen-bond donors (Lipinski definition) is 2. The van der Waals surface area contributed by atoms with Crippen LogP contribution in [0.25, 0.3) is 0 Å². The van der Waals surface area contributed by atoms with Gasteiger partial charge in [-0.25, -0.2) is 4.39 Å². The van der Waals surface area contributed by atoms with E-state index in [9.17, 15) is 14.3 Å². The first-order chi connectivity index (χ1) is 15.5. The zero-order valence-electron chi connectivity index (χ0n) is 18.5. The van der Waals surface area contributed by atoms with Crippen LogP contribution in [-0.4, -0.2) is 40.5 Å². The Kier molecular flexibility index (Phi) is 8.48. The lowest BCUT2D eigenvalue weighted by Crippen LogP contribution is -2.35. The summed E-state index contributed by atoms with van der Waals surface area (Å²) < 4.78 is 13.3. The number of aromatic nitrogens is 1. The summed E-state index contributed by atoms with van der Waals surface area (Å²) in [7, 11) is 1.69. The van der Waals surface area contributed by atoms with Crippen molar-refractivity contribution >= 4 is 5.91 Å². The highest BCUT2D eigenvalue weighted by atomic mass is 19.1. The fourth-order valence-corrected chi connectivity index (χ4v) is 3.69. The van der Waals surface area contributed by atoms with Gasteiger partial charge in [-0.15, -0.1) is 0 Å². The number of nitrogens with zero attached hydrogens (tertiary/aromatic N) is 2. The number of hydrogen-bond acceptors (Lipinski definition) is 4. The molecule has 32 heavy (non-hydrogen) atoms. The maximum absolute atomic E-state index is 13.3. The normalized spacial score (nSPS) is 12.9. The van der Waals surface area contributed by atoms with Gasteiger partial charge in [0.2, 0.25) is 0 Å². The Balaban J connectivity index is 1.51. The second kappa shape index (κ2) is 11.5. The lowest BCUT2D eigenvalue weighted by molar-refractivity contribution is 0.0784. The van der Waals surface area contributed by atoms with Gasteiger partial charge in [0.1, 0.15) is 5.82 Å². The van der Waals surface area contributed by atoms with Gasteiger partial charge in [-0.2, -0.15) is 0 Å². The molecule has 0 fully saturated rings. The van der Waals surface area contributed by atoms with Gasteiger partial charge >= 0.3 is 0 Å². The molecule has 0 aliphatic carbocycles. The third-order valence-corrected chi connectivity index (χ3v) is 5.51. The Hall–Kier alpha value is -3.09. The van der Waals surface area contributed by atoms with Crippen molar-refractivity contribution < 1.29 is 14.3 Å². The van der Waals surface area contributed by atoms with Crippen LogP contribution < -0.4 is 5.32 Å². The fourth-order valence-electron chi connectivity index (χ4n) is 3.69. The number of rotatable bonds is 10. The van der Waals surface area contributed by atoms with Gasteiger partial charge in [0.25, 0.3) is 5.91 Å². The summed E-state index contributed by atoms with van der Waals surface area (Å²) in [4.78, 5) is 18.0. The van der Waals surface area contributed by atoms with Crippen molar-refractivity contribution in [2.45, 2.75) is 38.5 Å². The highest BCUT2D eigenvalue weighted by Gasteiger charge is 2.18. The lowest BCUT2D eigenvalue weighted by atomic mass is 10.00. The summed E-state index contributed by atoms with van der Waals surface area (Å²) >= 11 is 0. The highest BCUT2D eigenvalue weighted by Crippen LogP contribution is 2.18. The molecule has 2 N–H and O–H groups in total. The molecule has 6 heteroatoms. The van der Waals surface area contributed by atoms with E-state index >= 15 is 0 Å². The second-order valence-corrected chi connectivity index (χ2v) is 7.94. The van der Waals surface area contributed by atoms with E-state index in [1.165, 1.54) is 6.07 Å². The summed E-state index contributed by atoms with van der Waals surface area (Å²) in [6.45, 7) is 3.07. The van der Waals surface area contributed by atoms with Crippen LogP contribution in [0.4, 0.5) is 4.39 Å². The zero-order valence-corrected chi connectivity index (χ0v) is 18.5. The molecule has 168 valence electrons. The van der Waals surface area contributed by atoms with Crippen LogP contribution in [0.1, 0.15) is 46.5 Å². The molecule has 0 unspecified atom stereocenters. The molecule has 2 aromatic carbocycles. The number of aliphatic hydroxyl groups excluding tert-OH is 1. The average Bonchev–Trinajstić information content (AvgIpc) is 2.82. The Labute approximate surface area is 188 Å². The highest BCUT2D eigenvalue weighted by molar-refractivity contribution is 5.94. The van der Waals surface area contributed by atoms with Crippen LogP contribution in [0.5, 0.6) is 0 Å². The number of benzene rings is 2. The first kappa shape index (κ1) is 23.6. The quantitative estimate of drug-likeness (QED) is 0.502. The number of nitrogens with one attached hydrogen (secondary N) is 1. The van der Waals surface area contributed by atoms with Crippen molar-refractivity contribution in [1.29, 1.82) is 0 Å². The van der Waals surface area contributed by atoms with Crippen LogP contribution in [0.15, 0.2) is 73.1 Å². The van der Waals surface area contributed by atoms with Gasteiger partial charge in [0, 0.05) is 31.4 Å². The van der Waals surface area contributed by atoms with Crippen molar-refractivity contribution in [1.82, 2.24) is 15.2 Å². The molecule has 0 radical (unpaired) electrons. The van der Waals surface area contributed by atoms with E-state index in [0.717, 1.165) is 36.7 Å². The summed E-state index contributed by atoms with van der Waals surface area (Å²) in [5, 5.41) is 14.1. The second-order valence-electron chi connectivity index (χ2n) is 7.94. The van der Waals surface area contributed by atoms with Crippen molar-refractivity contribution in [2.24, 2.45) is 0 Å². The van der Waals surface area contributed by atoms with Crippen LogP contribution in [0.3, 0.4) is 0 Å². The fraction of sp³-hybridized carbons (Fsp3) is 0.308. The number of pyridine rings is 1. The molecule has 3 rings (SSSR count). The molecule has 0 spiro atoms. The molecular formula is C26H30FN3O2. The molecule has 0 saturated heterocycles. The van der Waals surface area contributed by atoms with E-state index in [1.54, 1.807) is 18.1 Å². The predicted octanol–water partition coefficient (Wildman–Crippen LogP) is 4.14. The zero-order chi connectivity index (χ0) is 22.9. The summed E-state index contributed by atoms with van der Waals surface area (Å²) in [6, 6.07) is 18.6. The predicted molar refractivity (Wildman–Crippen MR) is 124 cm³/mol. The number of aliphatic hydroxyl groups is 1. The SMILES string of the molecule is CC[C@@H](NCCc1ccc(C(=O)N(C)Cc2cncc(F)c2)cc1)[C@H](O)c1ccccc1. The molecule has 0 aliphatic heterocycles. The molecule has 2 atom stereocenters. The van der Waals surface area contributed by atoms with Gasteiger partial charge in [-0.3, -0.25) is 9.78 Å². The Morgan fingerprint density at radius 3 is 2.47 bits per heavy atom. The number of amides is 1. The summed E-state index contributed by atoms with van der Waals surface area (Å²) in [5.41, 5.74) is 3.24. The smallest absolute Gasteiger partial charge is 0.253 e. The monoisotopic (exact) mass is 435 g/mol. The van der Waals surface area contributed by atoms with Gasteiger partial charge in [-0.1, -0.05) is 49.4 Å². The third-order valence-electron chi connectivity index (χ3n) is 5.51. The van der Waals surface area contributed by atoms with Gasteiger partial charge < -0.3 is 15.3 Å². The molecule has 0 aliphatic rings. The minimum absolute atomic E-state index is 0.0239. The first-order valence-electron chi connectivity index (χ1n) is 10.9. The maximum atomic E-state index is 13.3. The van der Waals surface area contributed by atoms with Crippen molar-refractivity contribution in [3.05, 3.63) is 101 Å². The largest absolute Gasteiger partial charge is 0.387 e. The Bertz CT molecular complexity index is 995. The van der Waals surface area contributed by atoms with E-state index in [1.807, 2.05) is 54.6 Å². The molecular weight excluding hydrogens is 405 g/mol. The molecule has 5 nitrogen and oxygen atoms in total. The molecule has 3 aromatic rings. The van der Waals surface area contributed by atoms with Crippen LogP contribution in [0, 0.1) is 5.82 Å². The van der Waals surface area contributed by atoms with E-state index in [2.05, 4.69) is 17.2 Å². The molecule has 0 bridgehead atoms. The average molecular weight is 436 g/mol. The first-order valence-corrected chi connectivity index (χ1v) is 10.9. The van der Waals surface area contributed by atoms with Crippen LogP contribution in [-0.2, 0) is 13.0 Å². The van der Waals surface area contributed by atoms with E-state index in [-0.39, 0.29) is 18.5 Å². The van der Waals surface area contributed by atoms with Crippen molar-refractivity contribution in [3.63, 3.8) is 0 Å². The summed E-state index contributed by atoms with van der Waals surface area (Å²) in [6.07, 6.45) is 3.75. The Morgan fingerprint density at radius 2 is 1.81 bits per heavy atom. The standard InChI is InChI=1S/C26H30FN3O2/c1-3-24(25(31)21-7-5-4-6-8-21)29-14-13-19-9-11-22(12-10-19)26(32)30(2)18-20-15-23(27)17-28-16-20/h4-12,15-17,24-25,29,31H,3,13-14,18H2,1-2H3/t24-,25-/m1/s1. The third kappa shape index (κ3) is 6.45. The Morgan fingerprint density at radius 1 is 1.09 bits per heavy atom. The van der Waals surface area contributed by atoms with E-state index in [0.29, 0.717) is 11.1 Å². The number of carbonyl (C=O) groups is 1. The van der Waals surface area contributed by atoms with E-state index in [4.69, 9.17) is 0 Å². The van der Waals surface area contributed by atoms with Gasteiger partial charge in [0.05, 0.1) is 12.3 Å². The minimum Gasteiger partial charge on any atom is -0.387 e. The molecule has 1 amide bonds. The molecule has 1 heterocycles. The van der Waals surface area contributed by atoms with Crippen LogP contribution >= 0.6 is 0 Å².